The lowest BCUT2D eigenvalue weighted by molar-refractivity contribution is 0.559. The fourth-order valence-corrected chi connectivity index (χ4v) is 2.57. The van der Waals surface area contributed by atoms with E-state index in [2.05, 4.69) is 9.82 Å². The predicted molar refractivity (Wildman–Crippen MR) is 68.2 cm³/mol. The molecule has 0 radical (unpaired) electrons. The number of halogens is 1. The molecule has 0 saturated heterocycles. The molecule has 0 aliphatic heterocycles. The summed E-state index contributed by atoms with van der Waals surface area (Å²) in [5.41, 5.74) is 5.99. The summed E-state index contributed by atoms with van der Waals surface area (Å²) in [5.74, 6) is -0.595. The van der Waals surface area contributed by atoms with Crippen molar-refractivity contribution in [1.29, 1.82) is 0 Å². The smallest absolute Gasteiger partial charge is 0.240 e. The van der Waals surface area contributed by atoms with Gasteiger partial charge in [-0.25, -0.2) is 17.5 Å². The highest BCUT2D eigenvalue weighted by Gasteiger charge is 2.13. The Morgan fingerprint density at radius 1 is 1.42 bits per heavy atom. The molecule has 0 saturated carbocycles. The Hall–Kier alpha value is -1.93. The Morgan fingerprint density at radius 2 is 2.21 bits per heavy atom. The largest absolute Gasteiger partial charge is 0.396 e. The van der Waals surface area contributed by atoms with Gasteiger partial charge in [-0.3, -0.25) is 4.68 Å². The lowest BCUT2D eigenvalue weighted by Gasteiger charge is -2.06. The van der Waals surface area contributed by atoms with E-state index in [9.17, 15) is 12.8 Å². The number of nitrogen functional groups attached to an aromatic ring is 1. The molecule has 0 atom stereocenters. The van der Waals surface area contributed by atoms with E-state index in [-0.39, 0.29) is 11.4 Å². The van der Waals surface area contributed by atoms with E-state index in [0.717, 1.165) is 6.07 Å². The summed E-state index contributed by atoms with van der Waals surface area (Å²) in [6.07, 6.45) is 3.07. The minimum Gasteiger partial charge on any atom is -0.396 e. The number of sulfonamides is 1. The molecule has 0 aliphatic rings. The maximum atomic E-state index is 13.0. The van der Waals surface area contributed by atoms with E-state index in [0.29, 0.717) is 12.2 Å². The van der Waals surface area contributed by atoms with Crippen LogP contribution in [0.1, 0.15) is 0 Å². The van der Waals surface area contributed by atoms with Crippen LogP contribution >= 0.6 is 0 Å². The Kier molecular flexibility index (Phi) is 3.82. The number of nitrogens with zero attached hydrogens (tertiary/aromatic N) is 2. The first-order valence-corrected chi connectivity index (χ1v) is 6.99. The molecule has 0 bridgehead atoms. The van der Waals surface area contributed by atoms with Gasteiger partial charge in [0.2, 0.25) is 10.0 Å². The second-order valence-corrected chi connectivity index (χ2v) is 5.66. The second kappa shape index (κ2) is 5.37. The van der Waals surface area contributed by atoms with Gasteiger partial charge in [0.05, 0.1) is 23.3 Å². The Morgan fingerprint density at radius 3 is 2.84 bits per heavy atom. The van der Waals surface area contributed by atoms with Crippen LogP contribution in [0.5, 0.6) is 0 Å². The fourth-order valence-electron chi connectivity index (χ4n) is 1.51. The molecule has 0 unspecified atom stereocenters. The first-order valence-electron chi connectivity index (χ1n) is 5.50. The van der Waals surface area contributed by atoms with Crippen molar-refractivity contribution in [2.24, 2.45) is 0 Å². The Bertz CT molecular complexity index is 669. The predicted octanol–water partition coefficient (Wildman–Crippen LogP) is 0.583. The summed E-state index contributed by atoms with van der Waals surface area (Å²) in [6.45, 7) is 0.478. The highest BCUT2D eigenvalue weighted by molar-refractivity contribution is 7.89. The van der Waals surface area contributed by atoms with Crippen molar-refractivity contribution in [1.82, 2.24) is 14.5 Å². The molecule has 2 aromatic rings. The number of benzene rings is 1. The highest BCUT2D eigenvalue weighted by Crippen LogP contribution is 2.09. The van der Waals surface area contributed by atoms with Gasteiger partial charge in [0.15, 0.2) is 0 Å². The third-order valence-corrected chi connectivity index (χ3v) is 3.85. The lowest BCUT2D eigenvalue weighted by atomic mass is 10.4. The number of nitrogens with one attached hydrogen (secondary N) is 1. The van der Waals surface area contributed by atoms with Crippen LogP contribution in [0.4, 0.5) is 10.1 Å². The maximum absolute atomic E-state index is 13.0. The van der Waals surface area contributed by atoms with Crippen molar-refractivity contribution >= 4 is 15.7 Å². The summed E-state index contributed by atoms with van der Waals surface area (Å²) in [5, 5.41) is 3.92. The van der Waals surface area contributed by atoms with Crippen LogP contribution in [0.15, 0.2) is 41.6 Å². The highest BCUT2D eigenvalue weighted by atomic mass is 32.2. The van der Waals surface area contributed by atoms with E-state index in [1.165, 1.54) is 29.1 Å². The molecule has 6 nitrogen and oxygen atoms in total. The van der Waals surface area contributed by atoms with Gasteiger partial charge in [-0.2, -0.15) is 5.10 Å². The van der Waals surface area contributed by atoms with Crippen LogP contribution in [0.3, 0.4) is 0 Å². The van der Waals surface area contributed by atoms with Crippen LogP contribution in [-0.2, 0) is 16.6 Å². The molecule has 0 fully saturated rings. The van der Waals surface area contributed by atoms with Gasteiger partial charge < -0.3 is 5.73 Å². The fraction of sp³-hybridized carbons (Fsp3) is 0.182. The Balaban J connectivity index is 1.98. The summed E-state index contributed by atoms with van der Waals surface area (Å²) >= 11 is 0. The van der Waals surface area contributed by atoms with Gasteiger partial charge in [-0.15, -0.1) is 0 Å². The molecule has 1 heterocycles. The van der Waals surface area contributed by atoms with Gasteiger partial charge in [-0.1, -0.05) is 6.07 Å². The third-order valence-electron chi connectivity index (χ3n) is 2.39. The van der Waals surface area contributed by atoms with Crippen molar-refractivity contribution in [2.75, 3.05) is 12.3 Å². The minimum absolute atomic E-state index is 0.104. The molecule has 0 spiro atoms. The zero-order valence-electron chi connectivity index (χ0n) is 9.95. The van der Waals surface area contributed by atoms with Crippen LogP contribution in [-0.4, -0.2) is 24.7 Å². The number of aromatic nitrogens is 2. The quantitative estimate of drug-likeness (QED) is 0.840. The lowest BCUT2D eigenvalue weighted by Crippen LogP contribution is -2.27. The van der Waals surface area contributed by atoms with Crippen LogP contribution in [0.2, 0.25) is 0 Å². The van der Waals surface area contributed by atoms with Crippen molar-refractivity contribution in [3.05, 3.63) is 42.5 Å². The van der Waals surface area contributed by atoms with Gasteiger partial charge in [0, 0.05) is 12.7 Å². The van der Waals surface area contributed by atoms with Crippen LogP contribution in [0.25, 0.3) is 0 Å². The summed E-state index contributed by atoms with van der Waals surface area (Å²) in [7, 11) is -3.71. The molecule has 19 heavy (non-hydrogen) atoms. The standard InChI is InChI=1S/C11H13FN4O2S/c12-9-2-1-3-11(6-9)19(17,18)15-4-5-16-8-10(13)7-14-16/h1-3,6-8,15H,4-5,13H2. The van der Waals surface area contributed by atoms with Gasteiger partial charge in [0.25, 0.3) is 0 Å². The van der Waals surface area contributed by atoms with E-state index < -0.39 is 15.8 Å². The third kappa shape index (κ3) is 3.52. The molecule has 8 heteroatoms. The van der Waals surface area contributed by atoms with E-state index >= 15 is 0 Å². The van der Waals surface area contributed by atoms with E-state index in [1.54, 1.807) is 6.20 Å². The topological polar surface area (TPSA) is 90.0 Å². The molecule has 0 aliphatic carbocycles. The monoisotopic (exact) mass is 284 g/mol. The summed E-state index contributed by atoms with van der Waals surface area (Å²) in [4.78, 5) is -0.104. The molecular formula is C11H13FN4O2S. The Labute approximate surface area is 110 Å². The summed E-state index contributed by atoms with van der Waals surface area (Å²) in [6, 6.07) is 4.83. The first-order chi connectivity index (χ1) is 8.97. The van der Waals surface area contributed by atoms with E-state index in [4.69, 9.17) is 5.73 Å². The average molecular weight is 284 g/mol. The summed E-state index contributed by atoms with van der Waals surface area (Å²) < 4.78 is 40.5. The van der Waals surface area contributed by atoms with Crippen LogP contribution < -0.4 is 10.5 Å². The minimum atomic E-state index is -3.71. The van der Waals surface area contributed by atoms with Crippen molar-refractivity contribution in [3.8, 4) is 0 Å². The van der Waals surface area contributed by atoms with Crippen molar-refractivity contribution < 1.29 is 12.8 Å². The number of nitrogens with two attached hydrogens (primary N) is 1. The maximum Gasteiger partial charge on any atom is 0.240 e. The SMILES string of the molecule is Nc1cnn(CCNS(=O)(=O)c2cccc(F)c2)c1. The molecule has 0 amide bonds. The molecule has 1 aromatic carbocycles. The number of anilines is 1. The van der Waals surface area contributed by atoms with Gasteiger partial charge in [0.1, 0.15) is 5.82 Å². The zero-order valence-corrected chi connectivity index (χ0v) is 10.8. The first kappa shape index (κ1) is 13.5. The zero-order chi connectivity index (χ0) is 13.9. The second-order valence-electron chi connectivity index (χ2n) is 3.89. The number of hydrogen-bond donors (Lipinski definition) is 2. The number of rotatable bonds is 5. The van der Waals surface area contributed by atoms with Crippen LogP contribution in [0, 0.1) is 5.82 Å². The normalized spacial score (nSPS) is 11.6. The van der Waals surface area contributed by atoms with Gasteiger partial charge >= 0.3 is 0 Å². The van der Waals surface area contributed by atoms with Crippen molar-refractivity contribution in [2.45, 2.75) is 11.4 Å². The molecule has 2 rings (SSSR count). The molecule has 102 valence electrons. The average Bonchev–Trinajstić information content (AvgIpc) is 2.75. The van der Waals surface area contributed by atoms with Gasteiger partial charge in [-0.05, 0) is 18.2 Å². The number of hydrogen-bond acceptors (Lipinski definition) is 4. The molecule has 3 N–H and O–H groups in total. The molecule has 1 aromatic heterocycles. The van der Waals surface area contributed by atoms with Crippen molar-refractivity contribution in [3.63, 3.8) is 0 Å². The molecular weight excluding hydrogens is 271 g/mol. The van der Waals surface area contributed by atoms with E-state index in [1.807, 2.05) is 0 Å².